The number of rotatable bonds is 0. The second-order valence-electron chi connectivity index (χ2n) is 4.44. The van der Waals surface area contributed by atoms with Gasteiger partial charge in [0.25, 0.3) is 0 Å². The van der Waals surface area contributed by atoms with Gasteiger partial charge >= 0.3 is 0 Å². The van der Waals surface area contributed by atoms with Crippen molar-refractivity contribution in [2.75, 3.05) is 0 Å². The normalized spacial score (nSPS) is 12.3. The monoisotopic (exact) mass is 252 g/mol. The first-order valence-corrected chi connectivity index (χ1v) is 5.41. The van der Waals surface area contributed by atoms with Crippen LogP contribution in [0.4, 0.5) is 0 Å². The number of halogens is 1. The van der Waals surface area contributed by atoms with Crippen molar-refractivity contribution in [3.05, 3.63) is 34.7 Å². The highest BCUT2D eigenvalue weighted by molar-refractivity contribution is 9.10. The fourth-order valence-electron chi connectivity index (χ4n) is 1.53. The van der Waals surface area contributed by atoms with Gasteiger partial charge < -0.3 is 4.40 Å². The Hall–Kier alpha value is -0.830. The zero-order valence-electron chi connectivity index (χ0n) is 8.58. The highest BCUT2D eigenvalue weighted by Gasteiger charge is 2.18. The van der Waals surface area contributed by atoms with Crippen molar-refractivity contribution in [3.63, 3.8) is 0 Å². The molecule has 14 heavy (non-hydrogen) atoms. The summed E-state index contributed by atoms with van der Waals surface area (Å²) in [5.41, 5.74) is 2.34. The molecule has 0 aliphatic heterocycles. The first-order chi connectivity index (χ1) is 6.50. The van der Waals surface area contributed by atoms with E-state index >= 15 is 0 Å². The summed E-state index contributed by atoms with van der Waals surface area (Å²) in [5.74, 6) is 0. The number of hydrogen-bond acceptors (Lipinski definition) is 1. The minimum absolute atomic E-state index is 0.125. The molecule has 0 saturated heterocycles. The maximum atomic E-state index is 4.40. The minimum atomic E-state index is 0.125. The average molecular weight is 253 g/mol. The van der Waals surface area contributed by atoms with E-state index in [9.17, 15) is 0 Å². The zero-order valence-corrected chi connectivity index (χ0v) is 10.2. The van der Waals surface area contributed by atoms with Crippen LogP contribution in [-0.2, 0) is 5.41 Å². The first kappa shape index (κ1) is 9.71. The van der Waals surface area contributed by atoms with Gasteiger partial charge in [0.2, 0.25) is 0 Å². The molecule has 0 aliphatic rings. The smallest absolute Gasteiger partial charge is 0.151 e. The molecule has 2 aromatic heterocycles. The molecule has 2 rings (SSSR count). The molecule has 3 heteroatoms. The lowest BCUT2D eigenvalue weighted by Crippen LogP contribution is -2.13. The molecule has 0 saturated carbocycles. The van der Waals surface area contributed by atoms with Crippen LogP contribution in [0.1, 0.15) is 26.5 Å². The molecule has 0 aliphatic carbocycles. The molecule has 0 N–H and O–H groups in total. The van der Waals surface area contributed by atoms with Crippen molar-refractivity contribution in [2.45, 2.75) is 26.2 Å². The van der Waals surface area contributed by atoms with Crippen LogP contribution in [0.5, 0.6) is 0 Å². The maximum absolute atomic E-state index is 4.40. The van der Waals surface area contributed by atoms with E-state index in [0.717, 1.165) is 10.1 Å². The number of fused-ring (bicyclic) bond motifs is 1. The van der Waals surface area contributed by atoms with Gasteiger partial charge in [-0.05, 0) is 28.1 Å². The van der Waals surface area contributed by atoms with Crippen LogP contribution in [0.2, 0.25) is 0 Å². The Balaban J connectivity index is 2.76. The largest absolute Gasteiger partial charge is 0.303 e. The molecule has 0 aromatic carbocycles. The molecule has 0 radical (unpaired) electrons. The molecule has 0 bridgehead atoms. The van der Waals surface area contributed by atoms with E-state index in [1.807, 2.05) is 24.5 Å². The summed E-state index contributed by atoms with van der Waals surface area (Å²) in [5, 5.41) is 0. The third-order valence-electron chi connectivity index (χ3n) is 2.26. The van der Waals surface area contributed by atoms with Gasteiger partial charge in [0.15, 0.2) is 5.65 Å². The van der Waals surface area contributed by atoms with Gasteiger partial charge in [0.1, 0.15) is 0 Å². The number of aromatic nitrogens is 2. The average Bonchev–Trinajstić information content (AvgIpc) is 2.47. The number of imidazole rings is 1. The second kappa shape index (κ2) is 3.09. The van der Waals surface area contributed by atoms with Crippen LogP contribution in [0, 0.1) is 0 Å². The lowest BCUT2D eigenvalue weighted by Gasteiger charge is -2.17. The summed E-state index contributed by atoms with van der Waals surface area (Å²) < 4.78 is 3.17. The number of pyridine rings is 1. The van der Waals surface area contributed by atoms with E-state index in [4.69, 9.17) is 0 Å². The number of hydrogen-bond donors (Lipinski definition) is 0. The Morgan fingerprint density at radius 1 is 1.36 bits per heavy atom. The van der Waals surface area contributed by atoms with Crippen molar-refractivity contribution in [1.82, 2.24) is 9.38 Å². The van der Waals surface area contributed by atoms with Gasteiger partial charge in [-0.3, -0.25) is 0 Å². The minimum Gasteiger partial charge on any atom is -0.303 e. The van der Waals surface area contributed by atoms with E-state index in [1.165, 1.54) is 5.69 Å². The van der Waals surface area contributed by atoms with Crippen LogP contribution < -0.4 is 0 Å². The summed E-state index contributed by atoms with van der Waals surface area (Å²) in [6.07, 6.45) is 3.99. The molecule has 2 aromatic rings. The van der Waals surface area contributed by atoms with Gasteiger partial charge in [-0.25, -0.2) is 4.98 Å². The topological polar surface area (TPSA) is 17.3 Å². The van der Waals surface area contributed by atoms with E-state index in [-0.39, 0.29) is 5.41 Å². The maximum Gasteiger partial charge on any atom is 0.151 e. The van der Waals surface area contributed by atoms with E-state index in [0.29, 0.717) is 0 Å². The SMILES string of the molecule is CC(C)(C)c1cnc2c(Br)cccn12. The molecular weight excluding hydrogens is 240 g/mol. The van der Waals surface area contributed by atoms with Crippen molar-refractivity contribution in [1.29, 1.82) is 0 Å². The van der Waals surface area contributed by atoms with Crippen LogP contribution in [0.3, 0.4) is 0 Å². The molecule has 2 nitrogen and oxygen atoms in total. The van der Waals surface area contributed by atoms with Crippen molar-refractivity contribution in [3.8, 4) is 0 Å². The van der Waals surface area contributed by atoms with E-state index in [1.54, 1.807) is 0 Å². The zero-order chi connectivity index (χ0) is 10.3. The van der Waals surface area contributed by atoms with E-state index < -0.39 is 0 Å². The Morgan fingerprint density at radius 3 is 2.71 bits per heavy atom. The molecule has 74 valence electrons. The van der Waals surface area contributed by atoms with Crippen LogP contribution in [0.15, 0.2) is 29.0 Å². The standard InChI is InChI=1S/C11H13BrN2/c1-11(2,3)9-7-13-10-8(12)5-4-6-14(9)10/h4-7H,1-3H3. The molecule has 0 unspecified atom stereocenters. The second-order valence-corrected chi connectivity index (χ2v) is 5.30. The summed E-state index contributed by atoms with van der Waals surface area (Å²) in [4.78, 5) is 4.40. The summed E-state index contributed by atoms with van der Waals surface area (Å²) in [6.45, 7) is 6.58. The Bertz CT molecular complexity index is 466. The quantitative estimate of drug-likeness (QED) is 0.703. The number of nitrogens with zero attached hydrogens (tertiary/aromatic N) is 2. The fourth-order valence-corrected chi connectivity index (χ4v) is 1.98. The molecule has 0 fully saturated rings. The molecular formula is C11H13BrN2. The molecule has 2 heterocycles. The summed E-state index contributed by atoms with van der Waals surface area (Å²) >= 11 is 3.49. The Labute approximate surface area is 92.1 Å². The van der Waals surface area contributed by atoms with Crippen LogP contribution in [0.25, 0.3) is 5.65 Å². The van der Waals surface area contributed by atoms with E-state index in [2.05, 4.69) is 46.1 Å². The fraction of sp³-hybridized carbons (Fsp3) is 0.364. The van der Waals surface area contributed by atoms with Crippen molar-refractivity contribution >= 4 is 21.6 Å². The Kier molecular flexibility index (Phi) is 2.14. The first-order valence-electron chi connectivity index (χ1n) is 4.62. The van der Waals surface area contributed by atoms with Gasteiger partial charge in [0.05, 0.1) is 4.47 Å². The Morgan fingerprint density at radius 2 is 2.07 bits per heavy atom. The van der Waals surface area contributed by atoms with Gasteiger partial charge in [-0.1, -0.05) is 20.8 Å². The summed E-state index contributed by atoms with van der Waals surface area (Å²) in [7, 11) is 0. The van der Waals surface area contributed by atoms with Gasteiger partial charge in [-0.2, -0.15) is 0 Å². The molecule has 0 atom stereocenters. The van der Waals surface area contributed by atoms with Crippen LogP contribution in [-0.4, -0.2) is 9.38 Å². The lowest BCUT2D eigenvalue weighted by atomic mass is 9.93. The molecule has 0 spiro atoms. The third kappa shape index (κ3) is 1.46. The highest BCUT2D eigenvalue weighted by atomic mass is 79.9. The molecule has 0 amide bonds. The lowest BCUT2D eigenvalue weighted by molar-refractivity contribution is 0.563. The predicted molar refractivity (Wildman–Crippen MR) is 61.6 cm³/mol. The van der Waals surface area contributed by atoms with Gasteiger partial charge in [-0.15, -0.1) is 0 Å². The third-order valence-corrected chi connectivity index (χ3v) is 2.88. The van der Waals surface area contributed by atoms with Crippen molar-refractivity contribution in [2.24, 2.45) is 0 Å². The van der Waals surface area contributed by atoms with Crippen LogP contribution >= 0.6 is 15.9 Å². The van der Waals surface area contributed by atoms with Gasteiger partial charge in [0, 0.05) is 23.5 Å². The highest BCUT2D eigenvalue weighted by Crippen LogP contribution is 2.25. The predicted octanol–water partition coefficient (Wildman–Crippen LogP) is 3.39. The summed E-state index contributed by atoms with van der Waals surface area (Å²) in [6, 6.07) is 4.03. The van der Waals surface area contributed by atoms with Crippen molar-refractivity contribution < 1.29 is 0 Å².